The smallest absolute Gasteiger partial charge is 0.306 e. The first-order valence-electron chi connectivity index (χ1n) is 16.5. The Morgan fingerprint density at radius 3 is 1.86 bits per heavy atom. The molecule has 2 saturated carbocycles. The first-order chi connectivity index (χ1) is 21.4. The molecule has 0 radical (unpaired) electrons. The van der Waals surface area contributed by atoms with Gasteiger partial charge in [-0.3, -0.25) is 9.59 Å². The van der Waals surface area contributed by atoms with Gasteiger partial charge in [0.15, 0.2) is 5.78 Å². The molecule has 2 aromatic rings. The number of ether oxygens (including phenoxy) is 4. The monoisotopic (exact) mass is 606 g/mol. The maximum absolute atomic E-state index is 12.6. The van der Waals surface area contributed by atoms with Crippen LogP contribution >= 0.6 is 0 Å². The van der Waals surface area contributed by atoms with E-state index in [9.17, 15) is 14.4 Å². The molecule has 0 heterocycles. The molecule has 2 aliphatic carbocycles. The highest BCUT2D eigenvalue weighted by Gasteiger charge is 2.28. The van der Waals surface area contributed by atoms with Gasteiger partial charge < -0.3 is 23.7 Å². The van der Waals surface area contributed by atoms with E-state index in [2.05, 4.69) is 0 Å². The molecule has 0 bridgehead atoms. The molecule has 44 heavy (non-hydrogen) atoms. The van der Waals surface area contributed by atoms with Crippen molar-refractivity contribution in [3.05, 3.63) is 65.7 Å². The maximum atomic E-state index is 12.6. The molecular formula is C37H50O7. The predicted octanol–water partition coefficient (Wildman–Crippen LogP) is 7.24. The molecule has 4 rings (SSSR count). The number of ketones is 2. The standard InChI is InChI=1S/C37H50O7/c1-27(38)22-28-8-10-29(11-9-28)23-30-12-14-31(15-13-30)24-36(39)43-21-20-42-35(25-41-2)26-44-34-18-16-33(17-19-34)37(40)32-6-4-3-5-7-32/h3-7,16-19,28-31,35H,8-15,20-26H2,1-2H3. The van der Waals surface area contributed by atoms with E-state index in [0.717, 1.165) is 31.1 Å². The number of esters is 1. The Labute approximate surface area is 263 Å². The van der Waals surface area contributed by atoms with Crippen molar-refractivity contribution < 1.29 is 33.3 Å². The zero-order chi connectivity index (χ0) is 31.1. The number of Topliss-reactive ketones (excluding diaryl/α,β-unsaturated/α-hetero) is 1. The molecule has 0 saturated heterocycles. The number of methoxy groups -OCH3 is 1. The number of carbonyl (C=O) groups excluding carboxylic acids is 3. The Bertz CT molecular complexity index is 1150. The molecule has 0 spiro atoms. The third kappa shape index (κ3) is 11.5. The first kappa shape index (κ1) is 33.9. The van der Waals surface area contributed by atoms with E-state index in [1.165, 1.54) is 44.9 Å². The van der Waals surface area contributed by atoms with Gasteiger partial charge in [-0.2, -0.15) is 0 Å². The second kappa shape index (κ2) is 18.1. The van der Waals surface area contributed by atoms with Crippen LogP contribution in [0.1, 0.15) is 93.5 Å². The molecule has 1 unspecified atom stereocenters. The van der Waals surface area contributed by atoms with Crippen LogP contribution in [0.3, 0.4) is 0 Å². The summed E-state index contributed by atoms with van der Waals surface area (Å²) in [5.41, 5.74) is 1.25. The van der Waals surface area contributed by atoms with Gasteiger partial charge in [-0.05, 0) is 87.0 Å². The van der Waals surface area contributed by atoms with Crippen LogP contribution in [0.4, 0.5) is 0 Å². The van der Waals surface area contributed by atoms with Gasteiger partial charge in [0.1, 0.15) is 30.9 Å². The van der Waals surface area contributed by atoms with Gasteiger partial charge in [0.05, 0.1) is 13.2 Å². The van der Waals surface area contributed by atoms with Crippen LogP contribution in [0.15, 0.2) is 54.6 Å². The topological polar surface area (TPSA) is 88.1 Å². The van der Waals surface area contributed by atoms with Crippen molar-refractivity contribution in [3.63, 3.8) is 0 Å². The summed E-state index contributed by atoms with van der Waals surface area (Å²) in [6.07, 6.45) is 11.8. The highest BCUT2D eigenvalue weighted by Crippen LogP contribution is 2.39. The Morgan fingerprint density at radius 1 is 0.705 bits per heavy atom. The Kier molecular flexibility index (Phi) is 13.9. The number of hydrogen-bond acceptors (Lipinski definition) is 7. The van der Waals surface area contributed by atoms with E-state index in [1.54, 1.807) is 50.4 Å². The minimum atomic E-state index is -0.316. The summed E-state index contributed by atoms with van der Waals surface area (Å²) in [6, 6.07) is 16.2. The quantitative estimate of drug-likeness (QED) is 0.107. The van der Waals surface area contributed by atoms with Crippen molar-refractivity contribution in [1.29, 1.82) is 0 Å². The Morgan fingerprint density at radius 2 is 1.27 bits per heavy atom. The van der Waals surface area contributed by atoms with E-state index in [0.29, 0.717) is 47.5 Å². The van der Waals surface area contributed by atoms with Crippen molar-refractivity contribution in [2.24, 2.45) is 23.7 Å². The maximum Gasteiger partial charge on any atom is 0.306 e. The summed E-state index contributed by atoms with van der Waals surface area (Å²) < 4.78 is 22.5. The van der Waals surface area contributed by atoms with E-state index in [-0.39, 0.29) is 37.7 Å². The van der Waals surface area contributed by atoms with Gasteiger partial charge in [-0.25, -0.2) is 0 Å². The second-order valence-corrected chi connectivity index (χ2v) is 12.8. The first-order valence-corrected chi connectivity index (χ1v) is 16.5. The predicted molar refractivity (Wildman–Crippen MR) is 170 cm³/mol. The number of carbonyl (C=O) groups is 3. The lowest BCUT2D eigenvalue weighted by molar-refractivity contribution is -0.148. The van der Waals surface area contributed by atoms with Gasteiger partial charge in [-0.15, -0.1) is 0 Å². The molecule has 2 fully saturated rings. The lowest BCUT2D eigenvalue weighted by Crippen LogP contribution is -2.28. The summed E-state index contributed by atoms with van der Waals surface area (Å²) >= 11 is 0. The molecular weight excluding hydrogens is 556 g/mol. The van der Waals surface area contributed by atoms with Crippen LogP contribution in [0.25, 0.3) is 0 Å². The number of rotatable bonds is 17. The summed E-state index contributed by atoms with van der Waals surface area (Å²) in [4.78, 5) is 36.5. The largest absolute Gasteiger partial charge is 0.491 e. The molecule has 0 aromatic heterocycles. The van der Waals surface area contributed by atoms with Crippen LogP contribution in [-0.2, 0) is 23.8 Å². The van der Waals surface area contributed by atoms with Crippen LogP contribution in [-0.4, -0.2) is 57.2 Å². The fourth-order valence-electron chi connectivity index (χ4n) is 6.86. The van der Waals surface area contributed by atoms with Crippen molar-refractivity contribution in [2.45, 2.75) is 83.7 Å². The van der Waals surface area contributed by atoms with Crippen molar-refractivity contribution in [1.82, 2.24) is 0 Å². The minimum absolute atomic E-state index is 0.0313. The van der Waals surface area contributed by atoms with E-state index >= 15 is 0 Å². The van der Waals surface area contributed by atoms with Crippen molar-refractivity contribution in [3.8, 4) is 5.75 Å². The fourth-order valence-corrected chi connectivity index (χ4v) is 6.86. The van der Waals surface area contributed by atoms with Gasteiger partial charge >= 0.3 is 5.97 Å². The van der Waals surface area contributed by atoms with Crippen LogP contribution in [0, 0.1) is 23.7 Å². The Hall–Kier alpha value is -3.03. The van der Waals surface area contributed by atoms with Crippen molar-refractivity contribution in [2.75, 3.05) is 33.5 Å². The molecule has 1 atom stereocenters. The third-order valence-corrected chi connectivity index (χ3v) is 9.27. The molecule has 0 N–H and O–H groups in total. The molecule has 0 amide bonds. The second-order valence-electron chi connectivity index (χ2n) is 12.8. The average Bonchev–Trinajstić information content (AvgIpc) is 3.04. The van der Waals surface area contributed by atoms with Crippen LogP contribution in [0.2, 0.25) is 0 Å². The van der Waals surface area contributed by atoms with Crippen LogP contribution < -0.4 is 4.74 Å². The van der Waals surface area contributed by atoms with Gasteiger partial charge in [-0.1, -0.05) is 56.0 Å². The van der Waals surface area contributed by atoms with Gasteiger partial charge in [0.25, 0.3) is 0 Å². The lowest BCUT2D eigenvalue weighted by Gasteiger charge is -2.33. The molecule has 7 heteroatoms. The van der Waals surface area contributed by atoms with E-state index in [1.807, 2.05) is 18.2 Å². The van der Waals surface area contributed by atoms with E-state index in [4.69, 9.17) is 18.9 Å². The molecule has 2 aliphatic rings. The SMILES string of the molecule is COCC(COc1ccc(C(=O)c2ccccc2)cc1)OCCOC(=O)CC1CCC(CC2CCC(CC(C)=O)CC2)CC1. The molecule has 2 aromatic carbocycles. The van der Waals surface area contributed by atoms with Gasteiger partial charge in [0, 0.05) is 31.1 Å². The third-order valence-electron chi connectivity index (χ3n) is 9.27. The zero-order valence-corrected chi connectivity index (χ0v) is 26.5. The fraction of sp³-hybridized carbons (Fsp3) is 0.595. The number of benzene rings is 2. The van der Waals surface area contributed by atoms with Crippen LogP contribution in [0.5, 0.6) is 5.75 Å². The summed E-state index contributed by atoms with van der Waals surface area (Å²) in [7, 11) is 1.61. The highest BCUT2D eigenvalue weighted by atomic mass is 16.6. The normalized spacial score (nSPS) is 22.6. The molecule has 7 nitrogen and oxygen atoms in total. The van der Waals surface area contributed by atoms with Crippen molar-refractivity contribution >= 4 is 17.5 Å². The molecule has 0 aliphatic heterocycles. The van der Waals surface area contributed by atoms with E-state index < -0.39 is 0 Å². The van der Waals surface area contributed by atoms with Gasteiger partial charge in [0.2, 0.25) is 0 Å². The molecule has 240 valence electrons. The highest BCUT2D eigenvalue weighted by molar-refractivity contribution is 6.08. The number of hydrogen-bond donors (Lipinski definition) is 0. The summed E-state index contributed by atoms with van der Waals surface area (Å²) in [6.45, 7) is 2.81. The minimum Gasteiger partial charge on any atom is -0.491 e. The summed E-state index contributed by atoms with van der Waals surface area (Å²) in [5, 5.41) is 0. The lowest BCUT2D eigenvalue weighted by atomic mass is 9.72. The Balaban J connectivity index is 1.07. The average molecular weight is 607 g/mol. The summed E-state index contributed by atoms with van der Waals surface area (Å²) in [5.74, 6) is 3.40. The zero-order valence-electron chi connectivity index (χ0n) is 26.5.